The van der Waals surface area contributed by atoms with Crippen LogP contribution in [0.3, 0.4) is 0 Å². The van der Waals surface area contributed by atoms with Crippen molar-refractivity contribution in [3.8, 4) is 6.07 Å². The minimum absolute atomic E-state index is 0.115. The number of aromatic nitrogens is 1. The average Bonchev–Trinajstić information content (AvgIpc) is 2.36. The number of carbonyl (C=O) groups is 1. The molecule has 0 fully saturated rings. The number of nitrogens with zero attached hydrogens (tertiary/aromatic N) is 2. The number of methoxy groups -OCH3 is 1. The summed E-state index contributed by atoms with van der Waals surface area (Å²) in [4.78, 5) is 14.9. The fourth-order valence-corrected chi connectivity index (χ4v) is 1.50. The van der Waals surface area contributed by atoms with Crippen LogP contribution >= 0.6 is 11.6 Å². The maximum atomic E-state index is 11.0. The highest BCUT2D eigenvalue weighted by Gasteiger charge is 2.19. The molecule has 1 aromatic rings. The third kappa shape index (κ3) is 3.58. The Labute approximate surface area is 109 Å². The summed E-state index contributed by atoms with van der Waals surface area (Å²) < 4.78 is 4.83. The zero-order valence-electron chi connectivity index (χ0n) is 9.68. The van der Waals surface area contributed by atoms with E-state index in [0.29, 0.717) is 6.61 Å². The van der Waals surface area contributed by atoms with Crippen LogP contribution in [0.4, 0.5) is 5.82 Å². The molecule has 0 amide bonds. The summed E-state index contributed by atoms with van der Waals surface area (Å²) in [6.07, 6.45) is 1.66. The molecule has 0 aliphatic carbocycles. The van der Waals surface area contributed by atoms with Crippen LogP contribution in [-0.4, -0.2) is 35.8 Å². The Kier molecular flexibility index (Phi) is 5.36. The molecule has 96 valence electrons. The number of aliphatic carboxylic acids is 1. The number of rotatable bonds is 6. The van der Waals surface area contributed by atoms with Gasteiger partial charge in [0.25, 0.3) is 0 Å². The van der Waals surface area contributed by atoms with Crippen molar-refractivity contribution in [1.82, 2.24) is 4.98 Å². The molecule has 0 radical (unpaired) electrons. The van der Waals surface area contributed by atoms with E-state index >= 15 is 0 Å². The van der Waals surface area contributed by atoms with Crippen molar-refractivity contribution in [2.75, 3.05) is 19.0 Å². The molecule has 1 atom stereocenters. The minimum Gasteiger partial charge on any atom is -0.480 e. The number of nitriles is 1. The van der Waals surface area contributed by atoms with Gasteiger partial charge < -0.3 is 15.2 Å². The topological polar surface area (TPSA) is 95.2 Å². The summed E-state index contributed by atoms with van der Waals surface area (Å²) in [5.41, 5.74) is 0.241. The molecule has 6 nitrogen and oxygen atoms in total. The van der Waals surface area contributed by atoms with E-state index in [1.807, 2.05) is 6.07 Å². The highest BCUT2D eigenvalue weighted by atomic mass is 35.5. The molecule has 0 saturated carbocycles. The van der Waals surface area contributed by atoms with Crippen LogP contribution < -0.4 is 5.32 Å². The fraction of sp³-hybridized carbons (Fsp3) is 0.364. The number of halogens is 1. The standard InChI is InChI=1S/C11H12ClN3O3/c1-18-5-3-8(11(16)17)15-10-9(12)7(6-13)2-4-14-10/h2,4,8H,3,5H2,1H3,(H,14,15)(H,16,17). The van der Waals surface area contributed by atoms with E-state index in [0.717, 1.165) is 0 Å². The molecule has 1 rings (SSSR count). The molecule has 1 heterocycles. The maximum Gasteiger partial charge on any atom is 0.326 e. The first-order chi connectivity index (χ1) is 8.60. The first-order valence-corrected chi connectivity index (χ1v) is 5.50. The summed E-state index contributed by atoms with van der Waals surface area (Å²) in [6, 6.07) is 2.48. The van der Waals surface area contributed by atoms with Crippen LogP contribution in [0.25, 0.3) is 0 Å². The summed E-state index contributed by atoms with van der Waals surface area (Å²) in [7, 11) is 1.49. The van der Waals surface area contributed by atoms with E-state index in [4.69, 9.17) is 26.7 Å². The third-order valence-corrected chi connectivity index (χ3v) is 2.61. The van der Waals surface area contributed by atoms with Gasteiger partial charge in [-0.05, 0) is 6.07 Å². The quantitative estimate of drug-likeness (QED) is 0.813. The van der Waals surface area contributed by atoms with Gasteiger partial charge in [0.2, 0.25) is 0 Å². The lowest BCUT2D eigenvalue weighted by Gasteiger charge is -2.15. The van der Waals surface area contributed by atoms with Crippen LogP contribution in [-0.2, 0) is 9.53 Å². The van der Waals surface area contributed by atoms with Gasteiger partial charge in [-0.3, -0.25) is 0 Å². The summed E-state index contributed by atoms with van der Waals surface area (Å²) in [6.45, 7) is 0.291. The molecule has 0 aromatic carbocycles. The maximum absolute atomic E-state index is 11.0. The van der Waals surface area contributed by atoms with Crippen LogP contribution in [0.2, 0.25) is 5.02 Å². The minimum atomic E-state index is -1.03. The highest BCUT2D eigenvalue weighted by molar-refractivity contribution is 6.34. The zero-order valence-corrected chi connectivity index (χ0v) is 10.4. The molecular weight excluding hydrogens is 258 g/mol. The number of carboxylic acids is 1. The summed E-state index contributed by atoms with van der Waals surface area (Å²) in [5, 5.41) is 20.6. The van der Waals surface area contributed by atoms with Crippen molar-refractivity contribution in [1.29, 1.82) is 5.26 Å². The molecule has 2 N–H and O–H groups in total. The van der Waals surface area contributed by atoms with Crippen molar-refractivity contribution < 1.29 is 14.6 Å². The number of anilines is 1. The van der Waals surface area contributed by atoms with Gasteiger partial charge in [0.15, 0.2) is 0 Å². The van der Waals surface area contributed by atoms with Crippen molar-refractivity contribution in [2.45, 2.75) is 12.5 Å². The molecule has 1 aromatic heterocycles. The Balaban J connectivity index is 2.87. The van der Waals surface area contributed by atoms with E-state index in [2.05, 4.69) is 10.3 Å². The highest BCUT2D eigenvalue weighted by Crippen LogP contribution is 2.23. The van der Waals surface area contributed by atoms with Crippen LogP contribution in [0.15, 0.2) is 12.3 Å². The predicted octanol–water partition coefficient (Wildman–Crippen LogP) is 1.51. The first-order valence-electron chi connectivity index (χ1n) is 5.13. The molecule has 18 heavy (non-hydrogen) atoms. The van der Waals surface area contributed by atoms with Crippen molar-refractivity contribution in [2.24, 2.45) is 0 Å². The predicted molar refractivity (Wildman–Crippen MR) is 65.5 cm³/mol. The lowest BCUT2D eigenvalue weighted by molar-refractivity contribution is -0.138. The Bertz CT molecular complexity index is 473. The monoisotopic (exact) mass is 269 g/mol. The van der Waals surface area contributed by atoms with E-state index in [-0.39, 0.29) is 22.8 Å². The third-order valence-electron chi connectivity index (χ3n) is 2.23. The Hall–Kier alpha value is -1.84. The van der Waals surface area contributed by atoms with Gasteiger partial charge in [0.05, 0.1) is 5.56 Å². The van der Waals surface area contributed by atoms with Crippen LogP contribution in [0.5, 0.6) is 0 Å². The molecule has 0 aliphatic rings. The summed E-state index contributed by atoms with van der Waals surface area (Å²) >= 11 is 5.92. The van der Waals surface area contributed by atoms with E-state index < -0.39 is 12.0 Å². The van der Waals surface area contributed by atoms with E-state index in [1.54, 1.807) is 0 Å². The van der Waals surface area contributed by atoms with Crippen LogP contribution in [0, 0.1) is 11.3 Å². The van der Waals surface area contributed by atoms with Gasteiger partial charge in [-0.25, -0.2) is 9.78 Å². The number of carboxylic acid groups (broad SMARTS) is 1. The van der Waals surface area contributed by atoms with Gasteiger partial charge in [-0.15, -0.1) is 0 Å². The smallest absolute Gasteiger partial charge is 0.326 e. The Morgan fingerprint density at radius 2 is 2.50 bits per heavy atom. The molecule has 0 spiro atoms. The lowest BCUT2D eigenvalue weighted by Crippen LogP contribution is -2.31. The number of hydrogen-bond acceptors (Lipinski definition) is 5. The molecule has 0 bridgehead atoms. The van der Waals surface area contributed by atoms with Gasteiger partial charge in [-0.2, -0.15) is 5.26 Å². The molecule has 1 unspecified atom stereocenters. The molecular formula is C11H12ClN3O3. The van der Waals surface area contributed by atoms with E-state index in [1.165, 1.54) is 19.4 Å². The number of nitrogens with one attached hydrogen (secondary N) is 1. The number of pyridine rings is 1. The van der Waals surface area contributed by atoms with E-state index in [9.17, 15) is 4.79 Å². The van der Waals surface area contributed by atoms with Gasteiger partial charge in [-0.1, -0.05) is 11.6 Å². The van der Waals surface area contributed by atoms with Crippen LogP contribution in [0.1, 0.15) is 12.0 Å². The van der Waals surface area contributed by atoms with Crippen molar-refractivity contribution in [3.63, 3.8) is 0 Å². The second kappa shape index (κ2) is 6.79. The average molecular weight is 270 g/mol. The molecule has 0 aliphatic heterocycles. The largest absolute Gasteiger partial charge is 0.480 e. The van der Waals surface area contributed by atoms with Gasteiger partial charge in [0.1, 0.15) is 23.0 Å². The summed E-state index contributed by atoms with van der Waals surface area (Å²) in [5.74, 6) is -0.855. The molecule has 7 heteroatoms. The number of hydrogen-bond donors (Lipinski definition) is 2. The van der Waals surface area contributed by atoms with Crippen molar-refractivity contribution in [3.05, 3.63) is 22.8 Å². The van der Waals surface area contributed by atoms with Gasteiger partial charge >= 0.3 is 5.97 Å². The fourth-order valence-electron chi connectivity index (χ4n) is 1.29. The Morgan fingerprint density at radius 3 is 3.06 bits per heavy atom. The SMILES string of the molecule is COCCC(Nc1nccc(C#N)c1Cl)C(=O)O. The second-order valence-electron chi connectivity index (χ2n) is 3.45. The zero-order chi connectivity index (χ0) is 13.5. The van der Waals surface area contributed by atoms with Gasteiger partial charge in [0, 0.05) is 26.3 Å². The first kappa shape index (κ1) is 14.2. The normalized spacial score (nSPS) is 11.6. The lowest BCUT2D eigenvalue weighted by atomic mass is 10.2. The Morgan fingerprint density at radius 1 is 1.78 bits per heavy atom. The van der Waals surface area contributed by atoms with Crippen molar-refractivity contribution >= 4 is 23.4 Å². The number of ether oxygens (including phenoxy) is 1. The molecule has 0 saturated heterocycles. The second-order valence-corrected chi connectivity index (χ2v) is 3.83.